The molecule has 1 N–H and O–H groups in total. The molecule has 1 aliphatic rings. The Labute approximate surface area is 101 Å². The van der Waals surface area contributed by atoms with Gasteiger partial charge in [-0.3, -0.25) is 0 Å². The number of pyridine rings is 1. The zero-order chi connectivity index (χ0) is 11.4. The van der Waals surface area contributed by atoms with Crippen molar-refractivity contribution in [1.82, 2.24) is 4.98 Å². The predicted molar refractivity (Wildman–Crippen MR) is 65.9 cm³/mol. The fourth-order valence-corrected chi connectivity index (χ4v) is 2.25. The molecule has 1 aliphatic carbocycles. The molecule has 1 saturated carbocycles. The van der Waals surface area contributed by atoms with Crippen LogP contribution in [0.1, 0.15) is 25.7 Å². The van der Waals surface area contributed by atoms with E-state index in [0.29, 0.717) is 17.3 Å². The molecule has 16 heavy (non-hydrogen) atoms. The van der Waals surface area contributed by atoms with Gasteiger partial charge >= 0.3 is 0 Å². The summed E-state index contributed by atoms with van der Waals surface area (Å²) < 4.78 is 5.35. The maximum absolute atomic E-state index is 5.74. The van der Waals surface area contributed by atoms with Gasteiger partial charge < -0.3 is 10.1 Å². The molecule has 2 rings (SSSR count). The van der Waals surface area contributed by atoms with E-state index in [1.165, 1.54) is 0 Å². The van der Waals surface area contributed by atoms with Crippen LogP contribution in [0.25, 0.3) is 0 Å². The van der Waals surface area contributed by atoms with E-state index in [9.17, 15) is 0 Å². The number of hydrogen-bond acceptors (Lipinski definition) is 3. The summed E-state index contributed by atoms with van der Waals surface area (Å²) in [6.45, 7) is 0. The maximum atomic E-state index is 5.74. The van der Waals surface area contributed by atoms with Crippen LogP contribution in [0.4, 0.5) is 5.69 Å². The van der Waals surface area contributed by atoms with Crippen LogP contribution in [0.15, 0.2) is 18.3 Å². The van der Waals surface area contributed by atoms with Crippen LogP contribution in [0, 0.1) is 0 Å². The normalized spacial score (nSPS) is 25.4. The van der Waals surface area contributed by atoms with Gasteiger partial charge in [0.25, 0.3) is 0 Å². The number of rotatable bonds is 3. The van der Waals surface area contributed by atoms with Crippen LogP contribution >= 0.6 is 11.6 Å². The van der Waals surface area contributed by atoms with Gasteiger partial charge in [0.2, 0.25) is 0 Å². The average Bonchev–Trinajstić information content (AvgIpc) is 2.33. The van der Waals surface area contributed by atoms with Crippen LogP contribution in [0.3, 0.4) is 0 Å². The minimum absolute atomic E-state index is 0.446. The Balaban J connectivity index is 1.84. The van der Waals surface area contributed by atoms with Crippen LogP contribution in [0.2, 0.25) is 5.15 Å². The van der Waals surface area contributed by atoms with Crippen LogP contribution in [-0.4, -0.2) is 24.2 Å². The largest absolute Gasteiger partial charge is 0.381 e. The van der Waals surface area contributed by atoms with E-state index in [1.807, 2.05) is 12.1 Å². The molecule has 0 radical (unpaired) electrons. The molecule has 3 nitrogen and oxygen atoms in total. The van der Waals surface area contributed by atoms with Crippen molar-refractivity contribution in [2.24, 2.45) is 0 Å². The first-order valence-corrected chi connectivity index (χ1v) is 6.06. The molecule has 0 saturated heterocycles. The van der Waals surface area contributed by atoms with Crippen LogP contribution < -0.4 is 5.32 Å². The van der Waals surface area contributed by atoms with Gasteiger partial charge in [0.05, 0.1) is 18.0 Å². The minimum Gasteiger partial charge on any atom is -0.381 e. The summed E-state index contributed by atoms with van der Waals surface area (Å²) in [5.41, 5.74) is 1.05. The van der Waals surface area contributed by atoms with Gasteiger partial charge in [0.15, 0.2) is 0 Å². The Bertz CT molecular complexity index is 320. The fourth-order valence-electron chi connectivity index (χ4n) is 2.14. The van der Waals surface area contributed by atoms with Gasteiger partial charge in [-0.1, -0.05) is 11.6 Å². The Kier molecular flexibility index (Phi) is 4.02. The van der Waals surface area contributed by atoms with E-state index < -0.39 is 0 Å². The molecule has 4 heteroatoms. The number of nitrogens with one attached hydrogen (secondary N) is 1. The summed E-state index contributed by atoms with van der Waals surface area (Å²) in [5, 5.41) is 4.01. The summed E-state index contributed by atoms with van der Waals surface area (Å²) >= 11 is 5.74. The molecule has 1 aromatic rings. The van der Waals surface area contributed by atoms with Gasteiger partial charge in [0.1, 0.15) is 5.15 Å². The van der Waals surface area contributed by atoms with E-state index in [2.05, 4.69) is 10.3 Å². The molecular formula is C12H17ClN2O. The van der Waals surface area contributed by atoms with E-state index >= 15 is 0 Å². The van der Waals surface area contributed by atoms with Crippen molar-refractivity contribution >= 4 is 17.3 Å². The maximum Gasteiger partial charge on any atom is 0.129 e. The van der Waals surface area contributed by atoms with Crippen LogP contribution in [-0.2, 0) is 4.74 Å². The quantitative estimate of drug-likeness (QED) is 0.825. The third-order valence-corrected chi connectivity index (χ3v) is 3.33. The first-order chi connectivity index (χ1) is 7.78. The van der Waals surface area contributed by atoms with Crippen LogP contribution in [0.5, 0.6) is 0 Å². The van der Waals surface area contributed by atoms with E-state index in [0.717, 1.165) is 31.4 Å². The molecule has 1 fully saturated rings. The Morgan fingerprint density at radius 2 is 2.06 bits per heavy atom. The lowest BCUT2D eigenvalue weighted by atomic mass is 9.93. The topological polar surface area (TPSA) is 34.1 Å². The highest BCUT2D eigenvalue weighted by atomic mass is 35.5. The second-order valence-electron chi connectivity index (χ2n) is 4.22. The Hall–Kier alpha value is -0.800. The number of ether oxygens (including phenoxy) is 1. The van der Waals surface area contributed by atoms with Crippen molar-refractivity contribution in [3.63, 3.8) is 0 Å². The monoisotopic (exact) mass is 240 g/mol. The first-order valence-electron chi connectivity index (χ1n) is 5.69. The standard InChI is InChI=1S/C12H17ClN2O/c1-16-11-5-2-9(3-6-11)15-10-4-7-12(13)14-8-10/h4,7-9,11,15H,2-3,5-6H2,1H3. The smallest absolute Gasteiger partial charge is 0.129 e. The summed E-state index contributed by atoms with van der Waals surface area (Å²) in [6.07, 6.45) is 6.80. The number of halogens is 1. The van der Waals surface area contributed by atoms with E-state index in [4.69, 9.17) is 16.3 Å². The highest BCUT2D eigenvalue weighted by Crippen LogP contribution is 2.23. The minimum atomic E-state index is 0.446. The second-order valence-corrected chi connectivity index (χ2v) is 4.61. The van der Waals surface area contributed by atoms with Crippen molar-refractivity contribution in [3.05, 3.63) is 23.5 Å². The number of aromatic nitrogens is 1. The lowest BCUT2D eigenvalue weighted by Gasteiger charge is -2.28. The highest BCUT2D eigenvalue weighted by molar-refractivity contribution is 6.29. The SMILES string of the molecule is COC1CCC(Nc2ccc(Cl)nc2)CC1. The second kappa shape index (κ2) is 5.51. The molecule has 0 aromatic carbocycles. The summed E-state index contributed by atoms with van der Waals surface area (Å²) in [5.74, 6) is 0. The molecular weight excluding hydrogens is 224 g/mol. The molecule has 1 heterocycles. The van der Waals surface area contributed by atoms with E-state index in [-0.39, 0.29) is 0 Å². The predicted octanol–water partition coefficient (Wildman–Crippen LogP) is 3.10. The summed E-state index contributed by atoms with van der Waals surface area (Å²) in [6, 6.07) is 4.32. The molecule has 0 aliphatic heterocycles. The third kappa shape index (κ3) is 3.09. The van der Waals surface area contributed by atoms with Gasteiger partial charge in [-0.25, -0.2) is 4.98 Å². The van der Waals surface area contributed by atoms with Gasteiger partial charge in [0, 0.05) is 13.2 Å². The van der Waals surface area contributed by atoms with Crippen molar-refractivity contribution in [2.75, 3.05) is 12.4 Å². The average molecular weight is 241 g/mol. The van der Waals surface area contributed by atoms with Gasteiger partial charge in [-0.15, -0.1) is 0 Å². The van der Waals surface area contributed by atoms with Gasteiger partial charge in [-0.2, -0.15) is 0 Å². The Morgan fingerprint density at radius 1 is 1.31 bits per heavy atom. The Morgan fingerprint density at radius 3 is 2.62 bits per heavy atom. The number of methoxy groups -OCH3 is 1. The third-order valence-electron chi connectivity index (χ3n) is 3.11. The number of nitrogens with zero attached hydrogens (tertiary/aromatic N) is 1. The zero-order valence-corrected chi connectivity index (χ0v) is 10.2. The van der Waals surface area contributed by atoms with Crippen molar-refractivity contribution < 1.29 is 4.74 Å². The summed E-state index contributed by atoms with van der Waals surface area (Å²) in [7, 11) is 1.79. The van der Waals surface area contributed by atoms with Crippen molar-refractivity contribution in [1.29, 1.82) is 0 Å². The summed E-state index contributed by atoms with van der Waals surface area (Å²) in [4.78, 5) is 4.05. The molecule has 0 spiro atoms. The molecule has 0 unspecified atom stereocenters. The van der Waals surface area contributed by atoms with E-state index in [1.54, 1.807) is 13.3 Å². The molecule has 0 atom stereocenters. The number of hydrogen-bond donors (Lipinski definition) is 1. The molecule has 88 valence electrons. The first kappa shape index (κ1) is 11.7. The lowest BCUT2D eigenvalue weighted by molar-refractivity contribution is 0.0682. The van der Waals surface area contributed by atoms with Crippen molar-refractivity contribution in [2.45, 2.75) is 37.8 Å². The molecule has 0 bridgehead atoms. The van der Waals surface area contributed by atoms with Gasteiger partial charge in [-0.05, 0) is 37.8 Å². The number of anilines is 1. The lowest BCUT2D eigenvalue weighted by Crippen LogP contribution is -2.29. The van der Waals surface area contributed by atoms with Crippen molar-refractivity contribution in [3.8, 4) is 0 Å². The highest BCUT2D eigenvalue weighted by Gasteiger charge is 2.20. The molecule has 0 amide bonds. The molecule has 1 aromatic heterocycles. The fraction of sp³-hybridized carbons (Fsp3) is 0.583. The zero-order valence-electron chi connectivity index (χ0n) is 9.45.